The van der Waals surface area contributed by atoms with E-state index in [0.717, 1.165) is 23.2 Å². The highest BCUT2D eigenvalue weighted by atomic mass is 79.9. The SMILES string of the molecule is CC(C)NCCNc1ccncc1Br. The maximum absolute atomic E-state index is 4.00. The van der Waals surface area contributed by atoms with Crippen molar-refractivity contribution in [3.63, 3.8) is 0 Å². The van der Waals surface area contributed by atoms with Crippen molar-refractivity contribution < 1.29 is 0 Å². The molecule has 0 aliphatic carbocycles. The van der Waals surface area contributed by atoms with Crippen molar-refractivity contribution in [2.24, 2.45) is 0 Å². The minimum Gasteiger partial charge on any atom is -0.383 e. The minimum absolute atomic E-state index is 0.540. The second kappa shape index (κ2) is 5.98. The van der Waals surface area contributed by atoms with Crippen molar-refractivity contribution in [2.45, 2.75) is 19.9 Å². The lowest BCUT2D eigenvalue weighted by Crippen LogP contribution is -2.28. The van der Waals surface area contributed by atoms with Gasteiger partial charge < -0.3 is 10.6 Å². The van der Waals surface area contributed by atoms with Gasteiger partial charge in [-0.15, -0.1) is 0 Å². The van der Waals surface area contributed by atoms with Crippen molar-refractivity contribution in [3.8, 4) is 0 Å². The number of hydrogen-bond donors (Lipinski definition) is 2. The van der Waals surface area contributed by atoms with E-state index in [4.69, 9.17) is 0 Å². The molecule has 78 valence electrons. The molecule has 0 fully saturated rings. The predicted octanol–water partition coefficient (Wildman–Crippen LogP) is 2.25. The molecule has 3 nitrogen and oxygen atoms in total. The summed E-state index contributed by atoms with van der Waals surface area (Å²) in [6.45, 7) is 6.16. The fourth-order valence-electron chi connectivity index (χ4n) is 1.08. The maximum atomic E-state index is 4.00. The van der Waals surface area contributed by atoms with Gasteiger partial charge in [-0.25, -0.2) is 0 Å². The Morgan fingerprint density at radius 3 is 2.86 bits per heavy atom. The van der Waals surface area contributed by atoms with E-state index in [-0.39, 0.29) is 0 Å². The first-order valence-corrected chi connectivity index (χ1v) is 5.56. The van der Waals surface area contributed by atoms with Crippen molar-refractivity contribution in [2.75, 3.05) is 18.4 Å². The Morgan fingerprint density at radius 1 is 1.43 bits per heavy atom. The zero-order chi connectivity index (χ0) is 10.4. The molecular formula is C10H16BrN3. The molecule has 0 amide bonds. The van der Waals surface area contributed by atoms with Gasteiger partial charge in [-0.2, -0.15) is 0 Å². The molecule has 4 heteroatoms. The lowest BCUT2D eigenvalue weighted by atomic mass is 10.4. The van der Waals surface area contributed by atoms with Crippen LogP contribution in [0, 0.1) is 0 Å². The third kappa shape index (κ3) is 4.07. The maximum Gasteiger partial charge on any atom is 0.0590 e. The summed E-state index contributed by atoms with van der Waals surface area (Å²) in [6, 6.07) is 2.50. The summed E-state index contributed by atoms with van der Waals surface area (Å²) in [4.78, 5) is 4.00. The number of nitrogens with one attached hydrogen (secondary N) is 2. The number of aromatic nitrogens is 1. The van der Waals surface area contributed by atoms with Crippen LogP contribution >= 0.6 is 15.9 Å². The number of anilines is 1. The average Bonchev–Trinajstić information content (AvgIpc) is 2.15. The van der Waals surface area contributed by atoms with Gasteiger partial charge in [0.1, 0.15) is 0 Å². The summed E-state index contributed by atoms with van der Waals surface area (Å²) in [5.74, 6) is 0. The van der Waals surface area contributed by atoms with E-state index in [0.29, 0.717) is 6.04 Å². The Kier molecular flexibility index (Phi) is 4.90. The molecular weight excluding hydrogens is 242 g/mol. The molecule has 1 aromatic heterocycles. The molecule has 14 heavy (non-hydrogen) atoms. The smallest absolute Gasteiger partial charge is 0.0590 e. The van der Waals surface area contributed by atoms with Crippen molar-refractivity contribution in [3.05, 3.63) is 22.9 Å². The van der Waals surface area contributed by atoms with Gasteiger partial charge in [-0.05, 0) is 22.0 Å². The summed E-state index contributed by atoms with van der Waals surface area (Å²) in [5.41, 5.74) is 1.09. The number of halogens is 1. The summed E-state index contributed by atoms with van der Waals surface area (Å²) in [6.07, 6.45) is 3.57. The van der Waals surface area contributed by atoms with E-state index in [1.807, 2.05) is 6.07 Å². The van der Waals surface area contributed by atoms with Gasteiger partial charge in [0.05, 0.1) is 10.2 Å². The van der Waals surface area contributed by atoms with E-state index in [2.05, 4.69) is 45.4 Å². The Morgan fingerprint density at radius 2 is 2.21 bits per heavy atom. The largest absolute Gasteiger partial charge is 0.383 e. The first-order chi connectivity index (χ1) is 6.70. The first-order valence-electron chi connectivity index (χ1n) is 4.77. The van der Waals surface area contributed by atoms with E-state index >= 15 is 0 Å². The van der Waals surface area contributed by atoms with Gasteiger partial charge in [0.15, 0.2) is 0 Å². The summed E-state index contributed by atoms with van der Waals surface area (Å²) >= 11 is 3.43. The lowest BCUT2D eigenvalue weighted by molar-refractivity contribution is 0.602. The normalized spacial score (nSPS) is 10.6. The Labute approximate surface area is 93.4 Å². The van der Waals surface area contributed by atoms with Gasteiger partial charge in [0.2, 0.25) is 0 Å². The second-order valence-electron chi connectivity index (χ2n) is 3.39. The van der Waals surface area contributed by atoms with Crippen molar-refractivity contribution >= 4 is 21.6 Å². The molecule has 2 N–H and O–H groups in total. The molecule has 0 saturated carbocycles. The molecule has 0 aliphatic heterocycles. The van der Waals surface area contributed by atoms with E-state index in [9.17, 15) is 0 Å². The Balaban J connectivity index is 2.28. The average molecular weight is 258 g/mol. The zero-order valence-corrected chi connectivity index (χ0v) is 10.1. The van der Waals surface area contributed by atoms with Crippen LogP contribution in [0.2, 0.25) is 0 Å². The van der Waals surface area contributed by atoms with Crippen molar-refractivity contribution in [1.82, 2.24) is 10.3 Å². The van der Waals surface area contributed by atoms with Crippen LogP contribution in [0.1, 0.15) is 13.8 Å². The van der Waals surface area contributed by atoms with Gasteiger partial charge in [-0.1, -0.05) is 13.8 Å². The molecule has 0 aromatic carbocycles. The van der Waals surface area contributed by atoms with Crippen LogP contribution in [0.4, 0.5) is 5.69 Å². The lowest BCUT2D eigenvalue weighted by Gasteiger charge is -2.10. The highest BCUT2D eigenvalue weighted by molar-refractivity contribution is 9.10. The quantitative estimate of drug-likeness (QED) is 0.795. The van der Waals surface area contributed by atoms with Crippen LogP contribution in [0.3, 0.4) is 0 Å². The Hall–Kier alpha value is -0.610. The van der Waals surface area contributed by atoms with E-state index < -0.39 is 0 Å². The third-order valence-corrected chi connectivity index (χ3v) is 2.40. The molecule has 0 saturated heterocycles. The molecule has 0 unspecified atom stereocenters. The number of hydrogen-bond acceptors (Lipinski definition) is 3. The fourth-order valence-corrected chi connectivity index (χ4v) is 1.47. The van der Waals surface area contributed by atoms with Crippen LogP contribution in [-0.4, -0.2) is 24.1 Å². The van der Waals surface area contributed by atoms with E-state index in [1.165, 1.54) is 0 Å². The van der Waals surface area contributed by atoms with Gasteiger partial charge in [0.25, 0.3) is 0 Å². The number of rotatable bonds is 5. The summed E-state index contributed by atoms with van der Waals surface area (Å²) < 4.78 is 1.00. The summed E-state index contributed by atoms with van der Waals surface area (Å²) in [7, 11) is 0. The first kappa shape index (κ1) is 11.5. The molecule has 1 heterocycles. The van der Waals surface area contributed by atoms with Gasteiger partial charge in [0, 0.05) is 31.5 Å². The highest BCUT2D eigenvalue weighted by Crippen LogP contribution is 2.19. The molecule has 0 bridgehead atoms. The van der Waals surface area contributed by atoms with Crippen LogP contribution in [0.25, 0.3) is 0 Å². The molecule has 0 radical (unpaired) electrons. The molecule has 0 atom stereocenters. The van der Waals surface area contributed by atoms with Gasteiger partial charge >= 0.3 is 0 Å². The monoisotopic (exact) mass is 257 g/mol. The molecule has 1 rings (SSSR count). The van der Waals surface area contributed by atoms with Crippen LogP contribution in [-0.2, 0) is 0 Å². The fraction of sp³-hybridized carbons (Fsp3) is 0.500. The number of pyridine rings is 1. The molecule has 1 aromatic rings. The molecule has 0 spiro atoms. The van der Waals surface area contributed by atoms with E-state index in [1.54, 1.807) is 12.4 Å². The second-order valence-corrected chi connectivity index (χ2v) is 4.25. The summed E-state index contributed by atoms with van der Waals surface area (Å²) in [5, 5.41) is 6.66. The van der Waals surface area contributed by atoms with Gasteiger partial charge in [-0.3, -0.25) is 4.98 Å². The standard InChI is InChI=1S/C10H16BrN3/c1-8(2)13-5-6-14-10-3-4-12-7-9(10)11/h3-4,7-8,13H,5-6H2,1-2H3,(H,12,14). The topological polar surface area (TPSA) is 37.0 Å². The predicted molar refractivity (Wildman–Crippen MR) is 63.6 cm³/mol. The van der Waals surface area contributed by atoms with Crippen LogP contribution < -0.4 is 10.6 Å². The molecule has 0 aliphatic rings. The third-order valence-electron chi connectivity index (χ3n) is 1.77. The van der Waals surface area contributed by atoms with Crippen molar-refractivity contribution in [1.29, 1.82) is 0 Å². The minimum atomic E-state index is 0.540. The highest BCUT2D eigenvalue weighted by Gasteiger charge is 1.97. The number of nitrogens with zero attached hydrogens (tertiary/aromatic N) is 1. The van der Waals surface area contributed by atoms with Crippen LogP contribution in [0.5, 0.6) is 0 Å². The van der Waals surface area contributed by atoms with Crippen LogP contribution in [0.15, 0.2) is 22.9 Å². The zero-order valence-electron chi connectivity index (χ0n) is 8.55. The Bertz CT molecular complexity index is 276.